The summed E-state index contributed by atoms with van der Waals surface area (Å²) >= 11 is 0. The Morgan fingerprint density at radius 1 is 0.848 bits per heavy atom. The van der Waals surface area contributed by atoms with Crippen molar-refractivity contribution in [1.82, 2.24) is 5.32 Å². The van der Waals surface area contributed by atoms with Crippen LogP contribution in [0.25, 0.3) is 11.3 Å². The number of carbonyl (C=O) groups excluding carboxylic acids is 3. The molecule has 1 N–H and O–H groups in total. The third-order valence-corrected chi connectivity index (χ3v) is 5.53. The molecule has 0 aliphatic carbocycles. The molecule has 1 aliphatic heterocycles. The lowest BCUT2D eigenvalue weighted by atomic mass is 9.83. The normalized spacial score (nSPS) is 17.1. The van der Waals surface area contributed by atoms with Crippen LogP contribution in [0.1, 0.15) is 29.5 Å². The highest BCUT2D eigenvalue weighted by molar-refractivity contribution is 6.17. The molecule has 0 spiro atoms. The molecule has 0 bridgehead atoms. The van der Waals surface area contributed by atoms with Crippen LogP contribution >= 0.6 is 0 Å². The van der Waals surface area contributed by atoms with E-state index in [1.165, 1.54) is 0 Å². The molecule has 1 aliphatic rings. The molecule has 1 saturated heterocycles. The predicted octanol–water partition coefficient (Wildman–Crippen LogP) is 4.20. The summed E-state index contributed by atoms with van der Waals surface area (Å²) in [5.41, 5.74) is 1.22. The van der Waals surface area contributed by atoms with Crippen molar-refractivity contribution in [3.05, 3.63) is 108 Å². The van der Waals surface area contributed by atoms with E-state index in [4.69, 9.17) is 11.2 Å². The van der Waals surface area contributed by atoms with Crippen molar-refractivity contribution in [2.45, 2.75) is 12.8 Å². The summed E-state index contributed by atoms with van der Waals surface area (Å²) in [6.45, 7) is 0. The number of esters is 1. The van der Waals surface area contributed by atoms with Crippen LogP contribution in [0.2, 0.25) is 0 Å². The molecule has 1 unspecified atom stereocenters. The molecule has 1 fully saturated rings. The van der Waals surface area contributed by atoms with Gasteiger partial charge in [-0.1, -0.05) is 91.0 Å². The van der Waals surface area contributed by atoms with Crippen LogP contribution in [-0.4, -0.2) is 17.8 Å². The van der Waals surface area contributed by atoms with Crippen LogP contribution < -0.4 is 5.32 Å². The van der Waals surface area contributed by atoms with Gasteiger partial charge in [0.2, 0.25) is 11.8 Å². The van der Waals surface area contributed by atoms with E-state index in [0.29, 0.717) is 11.1 Å². The van der Waals surface area contributed by atoms with Gasteiger partial charge in [-0.15, -0.1) is 12.3 Å². The van der Waals surface area contributed by atoms with Gasteiger partial charge in [0, 0.05) is 17.6 Å². The van der Waals surface area contributed by atoms with E-state index in [0.717, 1.165) is 11.1 Å². The van der Waals surface area contributed by atoms with Crippen LogP contribution in [0, 0.1) is 17.8 Å². The lowest BCUT2D eigenvalue weighted by molar-refractivity contribution is -0.153. The van der Waals surface area contributed by atoms with Crippen LogP contribution in [-0.2, 0) is 19.1 Å². The Balaban J connectivity index is 1.92. The molecule has 0 aromatic heterocycles. The lowest BCUT2D eigenvalue weighted by Gasteiger charge is -2.23. The summed E-state index contributed by atoms with van der Waals surface area (Å²) in [6.07, 6.45) is 4.88. The van der Waals surface area contributed by atoms with Gasteiger partial charge in [0.25, 0.3) is 0 Å². The van der Waals surface area contributed by atoms with E-state index >= 15 is 0 Å². The van der Waals surface area contributed by atoms with E-state index in [1.54, 1.807) is 0 Å². The minimum atomic E-state index is -1.76. The zero-order chi connectivity index (χ0) is 23.3. The highest BCUT2D eigenvalue weighted by atomic mass is 16.5. The van der Waals surface area contributed by atoms with Gasteiger partial charge in [-0.25, -0.2) is 0 Å². The Kier molecular flexibility index (Phi) is 6.19. The van der Waals surface area contributed by atoms with Crippen molar-refractivity contribution < 1.29 is 19.1 Å². The zero-order valence-corrected chi connectivity index (χ0v) is 17.8. The summed E-state index contributed by atoms with van der Waals surface area (Å²) in [5, 5.41) is 2.19. The number of imide groups is 1. The number of hydrogen-bond acceptors (Lipinski definition) is 4. The first kappa shape index (κ1) is 21.8. The fraction of sp³-hybridized carbons (Fsp3) is 0.107. The minimum Gasteiger partial charge on any atom is -0.424 e. The molecule has 1 heterocycles. The van der Waals surface area contributed by atoms with Crippen molar-refractivity contribution in [2.24, 2.45) is 5.41 Å². The molecule has 0 saturated carbocycles. The van der Waals surface area contributed by atoms with Crippen molar-refractivity contribution in [3.8, 4) is 12.3 Å². The second-order valence-corrected chi connectivity index (χ2v) is 7.71. The molecule has 5 nitrogen and oxygen atoms in total. The molecule has 3 aromatic carbocycles. The zero-order valence-electron chi connectivity index (χ0n) is 17.8. The molecule has 33 heavy (non-hydrogen) atoms. The van der Waals surface area contributed by atoms with Crippen LogP contribution in [0.5, 0.6) is 0 Å². The standard InChI is InChI=1S/C28H21NO4/c1-2-18-28(19-23(30)29-26(28)31)27(32)33-25(22-16-10-5-11-17-22)24(20-12-6-3-7-13-20)21-14-8-4-9-15-21/h1,3-17H,18-19H2,(H,29,30,31). The van der Waals surface area contributed by atoms with Crippen molar-refractivity contribution in [2.75, 3.05) is 0 Å². The monoisotopic (exact) mass is 435 g/mol. The van der Waals surface area contributed by atoms with Crippen LogP contribution in [0.4, 0.5) is 0 Å². The third-order valence-electron chi connectivity index (χ3n) is 5.53. The topological polar surface area (TPSA) is 72.5 Å². The molecule has 162 valence electrons. The van der Waals surface area contributed by atoms with Gasteiger partial charge in [-0.3, -0.25) is 19.7 Å². The maximum absolute atomic E-state index is 13.5. The van der Waals surface area contributed by atoms with E-state index < -0.39 is 23.2 Å². The first-order chi connectivity index (χ1) is 16.0. The molecule has 2 amide bonds. The van der Waals surface area contributed by atoms with E-state index in [-0.39, 0.29) is 18.6 Å². The molecule has 3 aromatic rings. The Morgan fingerprint density at radius 2 is 1.33 bits per heavy atom. The maximum atomic E-state index is 13.5. The molecule has 4 rings (SSSR count). The molecule has 1 atom stereocenters. The van der Waals surface area contributed by atoms with Gasteiger partial charge in [0.15, 0.2) is 5.41 Å². The fourth-order valence-electron chi connectivity index (χ4n) is 3.87. The predicted molar refractivity (Wildman–Crippen MR) is 125 cm³/mol. The summed E-state index contributed by atoms with van der Waals surface area (Å²) < 4.78 is 6.00. The minimum absolute atomic E-state index is 0.239. The summed E-state index contributed by atoms with van der Waals surface area (Å²) in [7, 11) is 0. The first-order valence-corrected chi connectivity index (χ1v) is 10.5. The van der Waals surface area contributed by atoms with Crippen molar-refractivity contribution in [3.63, 3.8) is 0 Å². The van der Waals surface area contributed by atoms with Gasteiger partial charge in [-0.2, -0.15) is 0 Å². The Hall–Kier alpha value is -4.43. The highest BCUT2D eigenvalue weighted by Gasteiger charge is 2.54. The number of ether oxygens (including phenoxy) is 1. The van der Waals surface area contributed by atoms with E-state index in [2.05, 4.69) is 11.2 Å². The van der Waals surface area contributed by atoms with Gasteiger partial charge in [0.05, 0.1) is 6.42 Å². The van der Waals surface area contributed by atoms with E-state index in [1.807, 2.05) is 91.0 Å². The quantitative estimate of drug-likeness (QED) is 0.157. The molecule has 5 heteroatoms. The van der Waals surface area contributed by atoms with Gasteiger partial charge < -0.3 is 4.74 Å². The first-order valence-electron chi connectivity index (χ1n) is 10.5. The van der Waals surface area contributed by atoms with E-state index in [9.17, 15) is 14.4 Å². The summed E-state index contributed by atoms with van der Waals surface area (Å²) in [5.74, 6) is 0.498. The largest absolute Gasteiger partial charge is 0.424 e. The third kappa shape index (κ3) is 4.32. The SMILES string of the molecule is C#CCC1(C(=O)OC(=C(c2ccccc2)c2ccccc2)c2ccccc2)CC(=O)NC1=O. The smallest absolute Gasteiger partial charge is 0.328 e. The number of nitrogens with one attached hydrogen (secondary N) is 1. The van der Waals surface area contributed by atoms with Gasteiger partial charge in [-0.05, 0) is 11.1 Å². The van der Waals surface area contributed by atoms with Gasteiger partial charge >= 0.3 is 5.97 Å². The maximum Gasteiger partial charge on any atom is 0.328 e. The lowest BCUT2D eigenvalue weighted by Crippen LogP contribution is -2.39. The van der Waals surface area contributed by atoms with Crippen LogP contribution in [0.15, 0.2) is 91.0 Å². The molecular weight excluding hydrogens is 414 g/mol. The summed E-state index contributed by atoms with van der Waals surface area (Å²) in [4.78, 5) is 38.1. The Labute approximate surface area is 192 Å². The second kappa shape index (κ2) is 9.37. The number of rotatable bonds is 6. The average molecular weight is 435 g/mol. The number of hydrogen-bond donors (Lipinski definition) is 1. The number of amides is 2. The summed E-state index contributed by atoms with van der Waals surface area (Å²) in [6, 6.07) is 28.2. The molecule has 0 radical (unpaired) electrons. The molecular formula is C28H21NO4. The van der Waals surface area contributed by atoms with Gasteiger partial charge in [0.1, 0.15) is 5.76 Å². The fourth-order valence-corrected chi connectivity index (χ4v) is 3.87. The van der Waals surface area contributed by atoms with Crippen molar-refractivity contribution in [1.29, 1.82) is 0 Å². The van der Waals surface area contributed by atoms with Crippen molar-refractivity contribution >= 4 is 29.1 Å². The average Bonchev–Trinajstić information content (AvgIpc) is 3.14. The number of terminal acetylenes is 1. The number of benzene rings is 3. The second-order valence-electron chi connectivity index (χ2n) is 7.71. The Bertz CT molecular complexity index is 1220. The highest BCUT2D eigenvalue weighted by Crippen LogP contribution is 2.38. The van der Waals surface area contributed by atoms with Crippen LogP contribution in [0.3, 0.4) is 0 Å². The number of carbonyl (C=O) groups is 3. The Morgan fingerprint density at radius 3 is 1.76 bits per heavy atom.